The monoisotopic (exact) mass is 366 g/mol. The first kappa shape index (κ1) is 19.2. The van der Waals surface area contributed by atoms with Gasteiger partial charge in [0.1, 0.15) is 11.5 Å². The molecule has 7 heteroatoms. The lowest BCUT2D eigenvalue weighted by Gasteiger charge is -2.32. The maximum Gasteiger partial charge on any atom is 0.257 e. The van der Waals surface area contributed by atoms with Gasteiger partial charge in [-0.25, -0.2) is 0 Å². The predicted octanol–water partition coefficient (Wildman–Crippen LogP) is 2.44. The molecular formula is C18H23ClN2O4. The number of Topliss-reactive ketones (excluding diaryl/α,β-unsaturated/α-hetero) is 1. The van der Waals surface area contributed by atoms with Crippen molar-refractivity contribution in [3.8, 4) is 5.75 Å². The van der Waals surface area contributed by atoms with E-state index in [1.807, 2.05) is 0 Å². The average molecular weight is 367 g/mol. The Labute approximate surface area is 152 Å². The van der Waals surface area contributed by atoms with E-state index >= 15 is 0 Å². The smallest absolute Gasteiger partial charge is 0.257 e. The summed E-state index contributed by atoms with van der Waals surface area (Å²) in [5.41, 5.74) is 0.443. The molecule has 0 bridgehead atoms. The molecule has 0 spiro atoms. The molecule has 1 aromatic carbocycles. The number of rotatable bonds is 6. The van der Waals surface area contributed by atoms with Crippen molar-refractivity contribution in [1.82, 2.24) is 10.2 Å². The van der Waals surface area contributed by atoms with Crippen molar-refractivity contribution in [2.24, 2.45) is 0 Å². The fraction of sp³-hybridized carbons (Fsp3) is 0.500. The molecule has 1 aliphatic rings. The van der Waals surface area contributed by atoms with Crippen LogP contribution in [0.25, 0.3) is 0 Å². The second kappa shape index (κ2) is 8.85. The topological polar surface area (TPSA) is 75.7 Å². The van der Waals surface area contributed by atoms with Crippen LogP contribution in [0.15, 0.2) is 18.2 Å². The van der Waals surface area contributed by atoms with Crippen LogP contribution in [0.3, 0.4) is 0 Å². The van der Waals surface area contributed by atoms with E-state index in [9.17, 15) is 14.4 Å². The molecule has 1 fully saturated rings. The van der Waals surface area contributed by atoms with Gasteiger partial charge in [-0.2, -0.15) is 0 Å². The van der Waals surface area contributed by atoms with E-state index < -0.39 is 0 Å². The second-order valence-corrected chi connectivity index (χ2v) is 6.62. The van der Waals surface area contributed by atoms with Gasteiger partial charge >= 0.3 is 0 Å². The summed E-state index contributed by atoms with van der Waals surface area (Å²) in [6.07, 6.45) is 1.84. The van der Waals surface area contributed by atoms with E-state index in [0.29, 0.717) is 42.3 Å². The highest BCUT2D eigenvalue weighted by molar-refractivity contribution is 6.31. The first-order valence-electron chi connectivity index (χ1n) is 8.32. The molecule has 136 valence electrons. The fourth-order valence-electron chi connectivity index (χ4n) is 2.83. The van der Waals surface area contributed by atoms with Crippen molar-refractivity contribution >= 4 is 29.2 Å². The quantitative estimate of drug-likeness (QED) is 0.839. The Morgan fingerprint density at radius 3 is 2.52 bits per heavy atom. The van der Waals surface area contributed by atoms with Gasteiger partial charge in [0.25, 0.3) is 5.91 Å². The number of carbonyl (C=O) groups excluding carboxylic acids is 3. The number of hydrogen-bond donors (Lipinski definition) is 1. The zero-order valence-electron chi connectivity index (χ0n) is 14.5. The molecule has 6 nitrogen and oxygen atoms in total. The van der Waals surface area contributed by atoms with Gasteiger partial charge in [-0.05, 0) is 38.0 Å². The largest absolute Gasteiger partial charge is 0.496 e. The lowest BCUT2D eigenvalue weighted by Crippen LogP contribution is -2.46. The number of amides is 2. The molecule has 2 amide bonds. The van der Waals surface area contributed by atoms with Gasteiger partial charge in [0.2, 0.25) is 5.91 Å². The molecule has 2 rings (SSSR count). The highest BCUT2D eigenvalue weighted by Gasteiger charge is 2.26. The zero-order chi connectivity index (χ0) is 18.4. The molecule has 1 N–H and O–H groups in total. The molecule has 0 radical (unpaired) electrons. The predicted molar refractivity (Wildman–Crippen MR) is 95.0 cm³/mol. The number of carbonyl (C=O) groups is 3. The van der Waals surface area contributed by atoms with Crippen molar-refractivity contribution in [3.63, 3.8) is 0 Å². The summed E-state index contributed by atoms with van der Waals surface area (Å²) in [5, 5.41) is 3.41. The Balaban J connectivity index is 1.89. The molecular weight excluding hydrogens is 344 g/mol. The Morgan fingerprint density at radius 2 is 1.92 bits per heavy atom. The maximum absolute atomic E-state index is 12.7. The van der Waals surface area contributed by atoms with Crippen molar-refractivity contribution in [3.05, 3.63) is 28.8 Å². The number of nitrogens with one attached hydrogen (secondary N) is 1. The van der Waals surface area contributed by atoms with Crippen LogP contribution in [0.2, 0.25) is 5.02 Å². The van der Waals surface area contributed by atoms with E-state index in [1.54, 1.807) is 23.1 Å². The van der Waals surface area contributed by atoms with Crippen LogP contribution in [0.5, 0.6) is 5.75 Å². The van der Waals surface area contributed by atoms with Crippen LogP contribution >= 0.6 is 11.6 Å². The van der Waals surface area contributed by atoms with Gasteiger partial charge in [0, 0.05) is 37.0 Å². The summed E-state index contributed by atoms with van der Waals surface area (Å²) in [5.74, 6) is 0.261. The van der Waals surface area contributed by atoms with Gasteiger partial charge in [-0.3, -0.25) is 9.59 Å². The molecule has 0 atom stereocenters. The van der Waals surface area contributed by atoms with E-state index in [0.717, 1.165) is 0 Å². The molecule has 1 saturated heterocycles. The van der Waals surface area contributed by atoms with Gasteiger partial charge < -0.3 is 19.7 Å². The van der Waals surface area contributed by atoms with E-state index in [2.05, 4.69) is 5.32 Å². The highest BCUT2D eigenvalue weighted by atomic mass is 35.5. The summed E-state index contributed by atoms with van der Waals surface area (Å²) >= 11 is 5.99. The lowest BCUT2D eigenvalue weighted by atomic mass is 10.0. The van der Waals surface area contributed by atoms with Gasteiger partial charge in [0.05, 0.1) is 12.7 Å². The first-order valence-corrected chi connectivity index (χ1v) is 8.70. The van der Waals surface area contributed by atoms with Crippen LogP contribution in [0.1, 0.15) is 43.0 Å². The molecule has 0 saturated carbocycles. The molecule has 1 aromatic rings. The number of ether oxygens (including phenoxy) is 1. The number of methoxy groups -OCH3 is 1. The summed E-state index contributed by atoms with van der Waals surface area (Å²) in [4.78, 5) is 37.2. The second-order valence-electron chi connectivity index (χ2n) is 6.18. The van der Waals surface area contributed by atoms with Crippen LogP contribution in [-0.4, -0.2) is 48.7 Å². The number of ketones is 1. The minimum Gasteiger partial charge on any atom is -0.496 e. The number of benzene rings is 1. The number of piperidine rings is 1. The first-order chi connectivity index (χ1) is 11.9. The minimum atomic E-state index is -0.124. The minimum absolute atomic E-state index is 0.00559. The summed E-state index contributed by atoms with van der Waals surface area (Å²) < 4.78 is 5.24. The average Bonchev–Trinajstić information content (AvgIpc) is 2.60. The molecule has 1 aliphatic heterocycles. The van der Waals surface area contributed by atoms with Crippen molar-refractivity contribution in [1.29, 1.82) is 0 Å². The third kappa shape index (κ3) is 5.46. The van der Waals surface area contributed by atoms with E-state index in [4.69, 9.17) is 16.3 Å². The fourth-order valence-corrected chi connectivity index (χ4v) is 3.01. The SMILES string of the molecule is COc1ccc(Cl)cc1C(=O)N1CCC(NC(=O)CCC(C)=O)CC1. The Morgan fingerprint density at radius 1 is 1.24 bits per heavy atom. The highest BCUT2D eigenvalue weighted by Crippen LogP contribution is 2.25. The van der Waals surface area contributed by atoms with Gasteiger partial charge in [-0.1, -0.05) is 11.6 Å². The van der Waals surface area contributed by atoms with E-state index in [1.165, 1.54) is 14.0 Å². The molecule has 1 heterocycles. The molecule has 25 heavy (non-hydrogen) atoms. The van der Waals surface area contributed by atoms with Crippen LogP contribution in [0, 0.1) is 0 Å². The molecule has 0 unspecified atom stereocenters. The zero-order valence-corrected chi connectivity index (χ0v) is 15.3. The van der Waals surface area contributed by atoms with Crippen LogP contribution < -0.4 is 10.1 Å². The lowest BCUT2D eigenvalue weighted by molar-refractivity contribution is -0.125. The summed E-state index contributed by atoms with van der Waals surface area (Å²) in [7, 11) is 1.52. The third-order valence-corrected chi connectivity index (χ3v) is 4.48. The number of hydrogen-bond acceptors (Lipinski definition) is 4. The number of halogens is 1. The molecule has 0 aliphatic carbocycles. The number of likely N-dealkylation sites (tertiary alicyclic amines) is 1. The van der Waals surface area contributed by atoms with Crippen LogP contribution in [-0.2, 0) is 9.59 Å². The molecule has 0 aromatic heterocycles. The normalized spacial score (nSPS) is 14.9. The van der Waals surface area contributed by atoms with Gasteiger partial charge in [-0.15, -0.1) is 0 Å². The third-order valence-electron chi connectivity index (χ3n) is 4.24. The summed E-state index contributed by atoms with van der Waals surface area (Å²) in [6, 6.07) is 5.00. The Kier molecular flexibility index (Phi) is 6.82. The Bertz CT molecular complexity index is 654. The Hall–Kier alpha value is -2.08. The van der Waals surface area contributed by atoms with Crippen molar-refractivity contribution in [2.75, 3.05) is 20.2 Å². The maximum atomic E-state index is 12.7. The van der Waals surface area contributed by atoms with Crippen LogP contribution in [0.4, 0.5) is 0 Å². The van der Waals surface area contributed by atoms with E-state index in [-0.39, 0.29) is 36.5 Å². The van der Waals surface area contributed by atoms with Gasteiger partial charge in [0.15, 0.2) is 0 Å². The summed E-state index contributed by atoms with van der Waals surface area (Å²) in [6.45, 7) is 2.57. The van der Waals surface area contributed by atoms with Crippen molar-refractivity contribution < 1.29 is 19.1 Å². The standard InChI is InChI=1S/C18H23ClN2O4/c1-12(22)3-6-17(23)20-14-7-9-21(10-8-14)18(24)15-11-13(19)4-5-16(15)25-2/h4-5,11,14H,3,6-10H2,1-2H3,(H,20,23). The number of nitrogens with zero attached hydrogens (tertiary/aromatic N) is 1. The van der Waals surface area contributed by atoms with Crippen molar-refractivity contribution in [2.45, 2.75) is 38.6 Å².